The molecule has 4 fully saturated rings. The van der Waals surface area contributed by atoms with Crippen molar-refractivity contribution in [2.24, 2.45) is 11.8 Å². The van der Waals surface area contributed by atoms with E-state index in [2.05, 4.69) is 49.4 Å². The molecule has 7 heteroatoms. The van der Waals surface area contributed by atoms with Crippen LogP contribution in [0.25, 0.3) is 10.1 Å². The van der Waals surface area contributed by atoms with Crippen molar-refractivity contribution in [2.75, 3.05) is 13.2 Å². The van der Waals surface area contributed by atoms with Crippen molar-refractivity contribution in [3.8, 4) is 0 Å². The molecular formula is C29H36O6S. The lowest BCUT2D eigenvalue weighted by Crippen LogP contribution is -2.34. The molecule has 6 rings (SSSR count). The van der Waals surface area contributed by atoms with Gasteiger partial charge in [-0.15, -0.1) is 11.3 Å². The zero-order valence-electron chi connectivity index (χ0n) is 20.9. The summed E-state index contributed by atoms with van der Waals surface area (Å²) in [6.45, 7) is 3.62. The monoisotopic (exact) mass is 512 g/mol. The highest BCUT2D eigenvalue weighted by Crippen LogP contribution is 2.46. The zero-order chi connectivity index (χ0) is 24.5. The van der Waals surface area contributed by atoms with Gasteiger partial charge in [-0.1, -0.05) is 30.4 Å². The normalized spacial score (nSPS) is 34.6. The van der Waals surface area contributed by atoms with Gasteiger partial charge in [0.1, 0.15) is 11.7 Å². The second-order valence-electron chi connectivity index (χ2n) is 10.7. The van der Waals surface area contributed by atoms with Gasteiger partial charge in [-0.2, -0.15) is 0 Å². The third kappa shape index (κ3) is 5.14. The Labute approximate surface area is 216 Å². The molecule has 0 amide bonds. The van der Waals surface area contributed by atoms with Gasteiger partial charge in [-0.05, 0) is 63.0 Å². The number of thiophene rings is 1. The predicted molar refractivity (Wildman–Crippen MR) is 138 cm³/mol. The number of rotatable bonds is 7. The first-order valence-electron chi connectivity index (χ1n) is 13.5. The molecule has 0 N–H and O–H groups in total. The summed E-state index contributed by atoms with van der Waals surface area (Å²) in [7, 11) is 0. The van der Waals surface area contributed by atoms with Crippen LogP contribution in [0.1, 0.15) is 63.2 Å². The van der Waals surface area contributed by atoms with Crippen LogP contribution in [0.4, 0.5) is 0 Å². The molecule has 7 atom stereocenters. The van der Waals surface area contributed by atoms with E-state index in [9.17, 15) is 4.79 Å². The summed E-state index contributed by atoms with van der Waals surface area (Å²) in [5, 5.41) is 1.22. The smallest absolute Gasteiger partial charge is 0.306 e. The first-order chi connectivity index (χ1) is 17.6. The van der Waals surface area contributed by atoms with Gasteiger partial charge < -0.3 is 23.7 Å². The van der Waals surface area contributed by atoms with Gasteiger partial charge in [-0.25, -0.2) is 0 Å². The SMILES string of the molecule is CC(/C=C/[C@@H]1[C@H]2CC(=O)O[C@H]2C[C@H]1OC1CCCCO1)(OC1CCCCO1)c1cc2ccccc2s1. The summed E-state index contributed by atoms with van der Waals surface area (Å²) in [4.78, 5) is 13.3. The topological polar surface area (TPSA) is 63.2 Å². The number of fused-ring (bicyclic) bond motifs is 2. The Morgan fingerprint density at radius 1 is 1.06 bits per heavy atom. The average Bonchev–Trinajstić information content (AvgIpc) is 3.57. The van der Waals surface area contributed by atoms with Crippen LogP contribution in [0.2, 0.25) is 0 Å². The van der Waals surface area contributed by atoms with Crippen LogP contribution in [0, 0.1) is 11.8 Å². The molecule has 0 radical (unpaired) electrons. The van der Waals surface area contributed by atoms with E-state index in [4.69, 9.17) is 23.7 Å². The van der Waals surface area contributed by atoms with Crippen LogP contribution in [0.5, 0.6) is 0 Å². The van der Waals surface area contributed by atoms with E-state index in [1.165, 1.54) is 10.1 Å². The largest absolute Gasteiger partial charge is 0.462 e. The molecule has 0 spiro atoms. The number of carbonyl (C=O) groups excluding carboxylic acids is 1. The van der Waals surface area contributed by atoms with E-state index in [0.717, 1.165) is 63.0 Å². The maximum atomic E-state index is 12.1. The van der Waals surface area contributed by atoms with Gasteiger partial charge in [0, 0.05) is 41.0 Å². The highest BCUT2D eigenvalue weighted by Gasteiger charge is 2.50. The van der Waals surface area contributed by atoms with Crippen LogP contribution in [0.3, 0.4) is 0 Å². The first kappa shape index (κ1) is 24.6. The third-order valence-corrected chi connectivity index (χ3v) is 9.42. The fourth-order valence-electron chi connectivity index (χ4n) is 6.10. The standard InChI is InChI=1S/C29H36O6S/c1-29(35-28-11-5-7-15-32-28,25-16-19-8-2-3-9-24(19)36-25)13-12-20-21-17-26(30)33-23(21)18-22(20)34-27-10-4-6-14-31-27/h2-3,8-9,12-13,16,20-23,27-28H,4-7,10-11,14-15,17-18H2,1H3/b13-12+/t20-,21-,22-,23+,27?,28?,29?/m1/s1. The Kier molecular flexibility index (Phi) is 7.19. The second-order valence-corrected chi connectivity index (χ2v) is 11.8. The van der Waals surface area contributed by atoms with Crippen molar-refractivity contribution in [3.63, 3.8) is 0 Å². The number of benzene rings is 1. The number of hydrogen-bond acceptors (Lipinski definition) is 7. The van der Waals surface area contributed by atoms with Gasteiger partial charge in [0.2, 0.25) is 0 Å². The Morgan fingerprint density at radius 3 is 2.58 bits per heavy atom. The maximum absolute atomic E-state index is 12.1. The molecule has 1 saturated carbocycles. The molecule has 1 aromatic carbocycles. The van der Waals surface area contributed by atoms with Crippen LogP contribution >= 0.6 is 11.3 Å². The summed E-state index contributed by atoms with van der Waals surface area (Å²) < 4.78 is 32.0. The molecule has 6 nitrogen and oxygen atoms in total. The van der Waals surface area contributed by atoms with E-state index >= 15 is 0 Å². The van der Waals surface area contributed by atoms with Crippen molar-refractivity contribution in [3.05, 3.63) is 47.4 Å². The number of esters is 1. The highest BCUT2D eigenvalue weighted by atomic mass is 32.1. The molecule has 4 aliphatic rings. The Bertz CT molecular complexity index is 1050. The highest BCUT2D eigenvalue weighted by molar-refractivity contribution is 7.19. The summed E-state index contributed by atoms with van der Waals surface area (Å²) in [5.41, 5.74) is -0.654. The van der Waals surface area contributed by atoms with Gasteiger partial charge in [-0.3, -0.25) is 4.79 Å². The van der Waals surface area contributed by atoms with E-state index < -0.39 is 5.60 Å². The van der Waals surface area contributed by atoms with Crippen LogP contribution in [0.15, 0.2) is 42.5 Å². The first-order valence-corrected chi connectivity index (χ1v) is 14.3. The molecule has 0 bridgehead atoms. The van der Waals surface area contributed by atoms with Gasteiger partial charge >= 0.3 is 5.97 Å². The minimum atomic E-state index is -0.654. The number of ether oxygens (including phenoxy) is 5. The zero-order valence-corrected chi connectivity index (χ0v) is 21.8. The molecule has 3 saturated heterocycles. The molecule has 1 aliphatic carbocycles. The molecule has 1 aromatic heterocycles. The minimum absolute atomic E-state index is 0.0370. The summed E-state index contributed by atoms with van der Waals surface area (Å²) >= 11 is 1.76. The van der Waals surface area contributed by atoms with E-state index in [0.29, 0.717) is 6.42 Å². The summed E-state index contributed by atoms with van der Waals surface area (Å²) in [6, 6.07) is 10.7. The average molecular weight is 513 g/mol. The second kappa shape index (κ2) is 10.5. The van der Waals surface area contributed by atoms with Gasteiger partial charge in [0.15, 0.2) is 12.6 Å². The van der Waals surface area contributed by atoms with E-state index in [1.54, 1.807) is 11.3 Å². The van der Waals surface area contributed by atoms with Crippen LogP contribution < -0.4 is 0 Å². The molecule has 2 aromatic rings. The van der Waals surface area contributed by atoms with Crippen molar-refractivity contribution in [1.29, 1.82) is 0 Å². The summed E-state index contributed by atoms with van der Waals surface area (Å²) in [5.74, 6) is 0.0892. The minimum Gasteiger partial charge on any atom is -0.462 e. The van der Waals surface area contributed by atoms with E-state index in [-0.39, 0.29) is 42.6 Å². The number of hydrogen-bond donors (Lipinski definition) is 0. The quantitative estimate of drug-likeness (QED) is 0.331. The number of carbonyl (C=O) groups is 1. The van der Waals surface area contributed by atoms with Gasteiger partial charge in [0.05, 0.1) is 12.5 Å². The molecule has 3 unspecified atom stereocenters. The van der Waals surface area contributed by atoms with Crippen LogP contribution in [-0.4, -0.2) is 44.0 Å². The fraction of sp³-hybridized carbons (Fsp3) is 0.621. The molecule has 3 aliphatic heterocycles. The lowest BCUT2D eigenvalue weighted by Gasteiger charge is -2.34. The Balaban J connectivity index is 1.29. The summed E-state index contributed by atoms with van der Waals surface area (Å²) in [6.07, 6.45) is 11.3. The van der Waals surface area contributed by atoms with Gasteiger partial charge in [0.25, 0.3) is 0 Å². The molecule has 36 heavy (non-hydrogen) atoms. The van der Waals surface area contributed by atoms with E-state index in [1.807, 2.05) is 0 Å². The molecule has 4 heterocycles. The third-order valence-electron chi connectivity index (χ3n) is 8.08. The van der Waals surface area contributed by atoms with Crippen molar-refractivity contribution in [1.82, 2.24) is 0 Å². The predicted octanol–water partition coefficient (Wildman–Crippen LogP) is 6.08. The maximum Gasteiger partial charge on any atom is 0.306 e. The van der Waals surface area contributed by atoms with Crippen molar-refractivity contribution in [2.45, 2.75) is 88.7 Å². The molecular weight excluding hydrogens is 476 g/mol. The van der Waals surface area contributed by atoms with Crippen molar-refractivity contribution < 1.29 is 28.5 Å². The van der Waals surface area contributed by atoms with Crippen LogP contribution in [-0.2, 0) is 34.1 Å². The lowest BCUT2D eigenvalue weighted by atomic mass is 9.89. The Morgan fingerprint density at radius 2 is 1.83 bits per heavy atom. The fourth-order valence-corrected chi connectivity index (χ4v) is 7.23. The molecule has 194 valence electrons. The van der Waals surface area contributed by atoms with Crippen molar-refractivity contribution >= 4 is 27.4 Å². The Hall–Kier alpha value is -1.77. The lowest BCUT2D eigenvalue weighted by molar-refractivity contribution is -0.209.